The summed E-state index contributed by atoms with van der Waals surface area (Å²) in [5, 5.41) is 21.8. The second-order valence-corrected chi connectivity index (χ2v) is 7.54. The first-order valence-corrected chi connectivity index (χ1v) is 9.79. The first-order valence-electron chi connectivity index (χ1n) is 9.79. The van der Waals surface area contributed by atoms with E-state index in [1.165, 1.54) is 11.1 Å². The van der Waals surface area contributed by atoms with Gasteiger partial charge in [-0.3, -0.25) is 0 Å². The molecule has 2 heteroatoms. The van der Waals surface area contributed by atoms with E-state index in [1.807, 2.05) is 98.8 Å². The molecule has 0 heterocycles. The fraction of sp³-hybridized carbons (Fsp3) is 0.111. The highest BCUT2D eigenvalue weighted by Crippen LogP contribution is 2.37. The van der Waals surface area contributed by atoms with E-state index in [0.29, 0.717) is 6.42 Å². The van der Waals surface area contributed by atoms with E-state index in [2.05, 4.69) is 0 Å². The average Bonchev–Trinajstić information content (AvgIpc) is 2.73. The molecule has 0 aliphatic heterocycles. The average molecular weight is 380 g/mol. The molecule has 0 aromatic heterocycles. The van der Waals surface area contributed by atoms with Crippen LogP contribution in [-0.2, 0) is 6.42 Å². The van der Waals surface area contributed by atoms with Crippen molar-refractivity contribution in [2.24, 2.45) is 0 Å². The molecule has 4 rings (SSSR count). The zero-order chi connectivity index (χ0) is 20.4. The molecule has 0 aliphatic rings. The van der Waals surface area contributed by atoms with Crippen molar-refractivity contribution in [2.75, 3.05) is 0 Å². The lowest BCUT2D eigenvalue weighted by atomic mass is 9.94. The third-order valence-corrected chi connectivity index (χ3v) is 5.35. The lowest BCUT2D eigenvalue weighted by Crippen LogP contribution is -1.93. The van der Waals surface area contributed by atoms with Gasteiger partial charge in [0, 0.05) is 17.5 Å². The molecule has 0 bridgehead atoms. The molecule has 0 aliphatic carbocycles. The van der Waals surface area contributed by atoms with Crippen LogP contribution in [0.5, 0.6) is 11.5 Å². The summed E-state index contributed by atoms with van der Waals surface area (Å²) < 4.78 is 0. The summed E-state index contributed by atoms with van der Waals surface area (Å²) in [5.74, 6) is 0.521. The van der Waals surface area contributed by atoms with Crippen molar-refractivity contribution < 1.29 is 10.2 Å². The van der Waals surface area contributed by atoms with Gasteiger partial charge in [-0.1, -0.05) is 96.1 Å². The molecule has 2 N–H and O–H groups in total. The molecule has 0 fully saturated rings. The van der Waals surface area contributed by atoms with Crippen molar-refractivity contribution in [3.05, 3.63) is 107 Å². The molecule has 0 radical (unpaired) electrons. The fourth-order valence-electron chi connectivity index (χ4n) is 3.61. The second kappa shape index (κ2) is 7.84. The van der Waals surface area contributed by atoms with Crippen LogP contribution in [0.25, 0.3) is 22.3 Å². The smallest absolute Gasteiger partial charge is 0.126 e. The van der Waals surface area contributed by atoms with E-state index >= 15 is 0 Å². The Hall–Kier alpha value is -3.52. The molecule has 0 spiro atoms. The molecule has 0 atom stereocenters. The maximum absolute atomic E-state index is 10.9. The minimum Gasteiger partial charge on any atom is -0.507 e. The predicted molar refractivity (Wildman–Crippen MR) is 119 cm³/mol. The van der Waals surface area contributed by atoms with Gasteiger partial charge in [0.25, 0.3) is 0 Å². The topological polar surface area (TPSA) is 40.5 Å². The summed E-state index contributed by atoms with van der Waals surface area (Å²) in [6, 6.07) is 27.8. The van der Waals surface area contributed by atoms with Crippen LogP contribution in [-0.4, -0.2) is 10.2 Å². The molecule has 0 saturated heterocycles. The van der Waals surface area contributed by atoms with Crippen molar-refractivity contribution in [3.8, 4) is 33.8 Å². The summed E-state index contributed by atoms with van der Waals surface area (Å²) in [6.07, 6.45) is 0.455. The molecule has 4 aromatic carbocycles. The van der Waals surface area contributed by atoms with Gasteiger partial charge in [0.2, 0.25) is 0 Å². The van der Waals surface area contributed by atoms with E-state index in [-0.39, 0.29) is 11.5 Å². The van der Waals surface area contributed by atoms with Gasteiger partial charge in [0.05, 0.1) is 0 Å². The molecule has 2 nitrogen and oxygen atoms in total. The van der Waals surface area contributed by atoms with Crippen molar-refractivity contribution in [1.82, 2.24) is 0 Å². The normalized spacial score (nSPS) is 10.8. The SMILES string of the molecule is Cc1ccc(-c2cccc(Cc3cccc(-c4ccc(C)cc4)c3O)c2O)cc1. The van der Waals surface area contributed by atoms with Crippen LogP contribution in [0, 0.1) is 13.8 Å². The molecule has 0 unspecified atom stereocenters. The van der Waals surface area contributed by atoms with E-state index in [4.69, 9.17) is 0 Å². The number of aryl methyl sites for hydroxylation is 2. The minimum atomic E-state index is 0.261. The number of aromatic hydroxyl groups is 2. The first kappa shape index (κ1) is 18.8. The first-order chi connectivity index (χ1) is 14.0. The van der Waals surface area contributed by atoms with E-state index < -0.39 is 0 Å². The number of benzene rings is 4. The van der Waals surface area contributed by atoms with Gasteiger partial charge in [0.1, 0.15) is 11.5 Å². The quantitative estimate of drug-likeness (QED) is 0.417. The van der Waals surface area contributed by atoms with Gasteiger partial charge in [0.15, 0.2) is 0 Å². The van der Waals surface area contributed by atoms with Crippen LogP contribution in [0.2, 0.25) is 0 Å². The van der Waals surface area contributed by atoms with Crippen molar-refractivity contribution >= 4 is 0 Å². The van der Waals surface area contributed by atoms with Crippen LogP contribution in [0.1, 0.15) is 22.3 Å². The predicted octanol–water partition coefficient (Wildman–Crippen LogP) is 6.64. The van der Waals surface area contributed by atoms with Crippen LogP contribution in [0.3, 0.4) is 0 Å². The van der Waals surface area contributed by atoms with Gasteiger partial charge in [-0.05, 0) is 36.1 Å². The summed E-state index contributed by atoms with van der Waals surface area (Å²) in [6.45, 7) is 4.09. The Morgan fingerprint density at radius 3 is 1.28 bits per heavy atom. The Bertz CT molecular complexity index is 1050. The van der Waals surface area contributed by atoms with Gasteiger partial charge >= 0.3 is 0 Å². The number of para-hydroxylation sites is 2. The Kier molecular flexibility index (Phi) is 5.09. The third kappa shape index (κ3) is 3.88. The Labute approximate surface area is 171 Å². The number of phenols is 2. The van der Waals surface area contributed by atoms with E-state index in [9.17, 15) is 10.2 Å². The van der Waals surface area contributed by atoms with Crippen LogP contribution in [0.4, 0.5) is 0 Å². The highest BCUT2D eigenvalue weighted by Gasteiger charge is 2.14. The molecular formula is C27H24O2. The molecular weight excluding hydrogens is 356 g/mol. The van der Waals surface area contributed by atoms with Crippen molar-refractivity contribution in [2.45, 2.75) is 20.3 Å². The highest BCUT2D eigenvalue weighted by molar-refractivity contribution is 5.74. The van der Waals surface area contributed by atoms with Crippen molar-refractivity contribution in [3.63, 3.8) is 0 Å². The lowest BCUT2D eigenvalue weighted by Gasteiger charge is -2.13. The monoisotopic (exact) mass is 380 g/mol. The van der Waals surface area contributed by atoms with Crippen LogP contribution in [0.15, 0.2) is 84.9 Å². The van der Waals surface area contributed by atoms with Gasteiger partial charge in [-0.2, -0.15) is 0 Å². The lowest BCUT2D eigenvalue weighted by molar-refractivity contribution is 0.465. The Morgan fingerprint density at radius 2 is 0.897 bits per heavy atom. The fourth-order valence-corrected chi connectivity index (χ4v) is 3.61. The standard InChI is InChI=1S/C27H24O2/c1-18-9-13-20(14-10-18)24-7-3-5-22(26(24)28)17-23-6-4-8-25(27(23)29)21-15-11-19(2)12-16-21/h3-16,28-29H,17H2,1-2H3. The second-order valence-electron chi connectivity index (χ2n) is 7.54. The molecule has 144 valence electrons. The number of phenolic OH excluding ortho intramolecular Hbond substituents is 2. The van der Waals surface area contributed by atoms with Gasteiger partial charge in [-0.25, -0.2) is 0 Å². The number of hydrogen-bond donors (Lipinski definition) is 2. The summed E-state index contributed by atoms with van der Waals surface area (Å²) in [4.78, 5) is 0. The van der Waals surface area contributed by atoms with Crippen LogP contribution < -0.4 is 0 Å². The van der Waals surface area contributed by atoms with Crippen molar-refractivity contribution in [1.29, 1.82) is 0 Å². The van der Waals surface area contributed by atoms with Gasteiger partial charge in [-0.15, -0.1) is 0 Å². The minimum absolute atomic E-state index is 0.261. The molecule has 0 saturated carbocycles. The maximum atomic E-state index is 10.9. The Balaban J connectivity index is 1.70. The number of hydrogen-bond acceptors (Lipinski definition) is 2. The Morgan fingerprint density at radius 1 is 0.517 bits per heavy atom. The molecule has 29 heavy (non-hydrogen) atoms. The van der Waals surface area contributed by atoms with E-state index in [0.717, 1.165) is 33.4 Å². The van der Waals surface area contributed by atoms with E-state index in [1.54, 1.807) is 0 Å². The zero-order valence-corrected chi connectivity index (χ0v) is 16.7. The van der Waals surface area contributed by atoms with Gasteiger partial charge < -0.3 is 10.2 Å². The number of rotatable bonds is 4. The largest absolute Gasteiger partial charge is 0.507 e. The third-order valence-electron chi connectivity index (χ3n) is 5.35. The van der Waals surface area contributed by atoms with Crippen LogP contribution >= 0.6 is 0 Å². The molecule has 4 aromatic rings. The highest BCUT2D eigenvalue weighted by atomic mass is 16.3. The maximum Gasteiger partial charge on any atom is 0.126 e. The summed E-state index contributed by atoms with van der Waals surface area (Å²) in [5.41, 5.74) is 7.51. The summed E-state index contributed by atoms with van der Waals surface area (Å²) >= 11 is 0. The molecule has 0 amide bonds. The summed E-state index contributed by atoms with van der Waals surface area (Å²) in [7, 11) is 0. The zero-order valence-electron chi connectivity index (χ0n) is 16.7.